The van der Waals surface area contributed by atoms with Gasteiger partial charge in [-0.15, -0.1) is 0 Å². The monoisotopic (exact) mass is 210 g/mol. The molecule has 0 spiro atoms. The number of nitrogens with one attached hydrogen (secondary N) is 1. The lowest BCUT2D eigenvalue weighted by atomic mass is 10.2. The highest BCUT2D eigenvalue weighted by atomic mass is 35.5. The van der Waals surface area contributed by atoms with Gasteiger partial charge in [-0.1, -0.05) is 11.6 Å². The first kappa shape index (κ1) is 9.02. The molecule has 0 saturated heterocycles. The molecule has 1 aromatic carbocycles. The normalized spacial score (nSPS) is 10.7. The Balaban J connectivity index is 2.77. The van der Waals surface area contributed by atoms with Crippen LogP contribution in [0.1, 0.15) is 16.2 Å². The molecule has 2 aromatic rings. The van der Waals surface area contributed by atoms with Gasteiger partial charge < -0.3 is 10.1 Å². The number of halogens is 1. The van der Waals surface area contributed by atoms with Crippen molar-refractivity contribution in [3.63, 3.8) is 0 Å². The van der Waals surface area contributed by atoms with Gasteiger partial charge in [0.05, 0.1) is 21.6 Å². The number of carbonyl (C=O) groups is 1. The Morgan fingerprint density at radius 3 is 2.93 bits per heavy atom. The van der Waals surface area contributed by atoms with E-state index in [1.54, 1.807) is 6.92 Å². The van der Waals surface area contributed by atoms with E-state index >= 15 is 0 Å². The molecule has 72 valence electrons. The lowest BCUT2D eigenvalue weighted by molar-refractivity contribution is 0.0697. The van der Waals surface area contributed by atoms with Crippen LogP contribution in [-0.4, -0.2) is 21.0 Å². The van der Waals surface area contributed by atoms with Crippen molar-refractivity contribution < 1.29 is 9.90 Å². The standard InChI is InChI=1S/C9H7ClN2O2/c1-4-11-7-3-5(9(13)14)2-6(10)8(7)12-4/h2-3H,1H3,(H,11,12)(H,13,14). The van der Waals surface area contributed by atoms with E-state index < -0.39 is 5.97 Å². The number of aromatic nitrogens is 2. The van der Waals surface area contributed by atoms with E-state index in [9.17, 15) is 4.79 Å². The number of imidazole rings is 1. The number of aromatic carboxylic acids is 1. The minimum Gasteiger partial charge on any atom is -0.478 e. The number of carboxylic acid groups (broad SMARTS) is 1. The van der Waals surface area contributed by atoms with Gasteiger partial charge in [0.1, 0.15) is 5.82 Å². The maximum absolute atomic E-state index is 10.7. The number of aromatic amines is 1. The quantitative estimate of drug-likeness (QED) is 0.759. The average molecular weight is 211 g/mol. The molecule has 0 saturated carbocycles. The van der Waals surface area contributed by atoms with Gasteiger partial charge in [0.15, 0.2) is 0 Å². The summed E-state index contributed by atoms with van der Waals surface area (Å²) in [7, 11) is 0. The van der Waals surface area contributed by atoms with Crippen molar-refractivity contribution in [2.24, 2.45) is 0 Å². The maximum atomic E-state index is 10.7. The number of benzene rings is 1. The predicted octanol–water partition coefficient (Wildman–Crippen LogP) is 2.22. The molecule has 0 aliphatic rings. The van der Waals surface area contributed by atoms with E-state index in [0.29, 0.717) is 21.9 Å². The highest BCUT2D eigenvalue weighted by Crippen LogP contribution is 2.23. The topological polar surface area (TPSA) is 66.0 Å². The molecule has 0 aliphatic carbocycles. The van der Waals surface area contributed by atoms with Gasteiger partial charge >= 0.3 is 5.97 Å². The van der Waals surface area contributed by atoms with E-state index in [2.05, 4.69) is 9.97 Å². The van der Waals surface area contributed by atoms with Gasteiger partial charge in [0.2, 0.25) is 0 Å². The van der Waals surface area contributed by atoms with Crippen molar-refractivity contribution in [2.75, 3.05) is 0 Å². The van der Waals surface area contributed by atoms with Crippen molar-refractivity contribution >= 4 is 28.6 Å². The SMILES string of the molecule is Cc1nc2cc(C(=O)O)cc(Cl)c2[nH]1. The van der Waals surface area contributed by atoms with Crippen molar-refractivity contribution in [3.8, 4) is 0 Å². The van der Waals surface area contributed by atoms with Gasteiger partial charge in [0.25, 0.3) is 0 Å². The van der Waals surface area contributed by atoms with Crippen molar-refractivity contribution in [2.45, 2.75) is 6.92 Å². The summed E-state index contributed by atoms with van der Waals surface area (Å²) in [6.07, 6.45) is 0. The number of aryl methyl sites for hydroxylation is 1. The fourth-order valence-corrected chi connectivity index (χ4v) is 1.58. The molecule has 4 nitrogen and oxygen atoms in total. The molecule has 0 aliphatic heterocycles. The maximum Gasteiger partial charge on any atom is 0.335 e. The summed E-state index contributed by atoms with van der Waals surface area (Å²) in [5.74, 6) is -0.293. The zero-order valence-corrected chi connectivity index (χ0v) is 8.09. The molecular formula is C9H7ClN2O2. The lowest BCUT2D eigenvalue weighted by Gasteiger charge is -1.96. The minimum atomic E-state index is -1.01. The van der Waals surface area contributed by atoms with Crippen LogP contribution < -0.4 is 0 Å². The molecule has 5 heteroatoms. The van der Waals surface area contributed by atoms with Crippen LogP contribution in [0.4, 0.5) is 0 Å². The molecule has 1 aromatic heterocycles. The molecule has 2 rings (SSSR count). The van der Waals surface area contributed by atoms with E-state index in [1.807, 2.05) is 0 Å². The molecule has 1 heterocycles. The number of carboxylic acids is 1. The molecule has 0 fully saturated rings. The smallest absolute Gasteiger partial charge is 0.335 e. The number of fused-ring (bicyclic) bond motifs is 1. The third kappa shape index (κ3) is 1.33. The van der Waals surface area contributed by atoms with Crippen LogP contribution in [0.3, 0.4) is 0 Å². The highest BCUT2D eigenvalue weighted by Gasteiger charge is 2.10. The predicted molar refractivity (Wildman–Crippen MR) is 52.8 cm³/mol. The van der Waals surface area contributed by atoms with Gasteiger partial charge in [-0.25, -0.2) is 9.78 Å². The van der Waals surface area contributed by atoms with Crippen LogP contribution in [0.2, 0.25) is 5.02 Å². The Kier molecular flexibility index (Phi) is 1.93. The largest absolute Gasteiger partial charge is 0.478 e. The molecule has 0 amide bonds. The number of hydrogen-bond acceptors (Lipinski definition) is 2. The molecule has 0 radical (unpaired) electrons. The summed E-state index contributed by atoms with van der Waals surface area (Å²) in [6, 6.07) is 2.90. The van der Waals surface area contributed by atoms with E-state index in [4.69, 9.17) is 16.7 Å². The number of H-pyrrole nitrogens is 1. The summed E-state index contributed by atoms with van der Waals surface area (Å²) in [4.78, 5) is 17.8. The van der Waals surface area contributed by atoms with Crippen molar-refractivity contribution in [3.05, 3.63) is 28.5 Å². The van der Waals surface area contributed by atoms with Gasteiger partial charge in [-0.2, -0.15) is 0 Å². The Bertz CT molecular complexity index is 519. The molecular weight excluding hydrogens is 204 g/mol. The second-order valence-electron chi connectivity index (χ2n) is 2.98. The van der Waals surface area contributed by atoms with Gasteiger partial charge in [-0.05, 0) is 19.1 Å². The second kappa shape index (κ2) is 2.99. The second-order valence-corrected chi connectivity index (χ2v) is 3.39. The van der Waals surface area contributed by atoms with E-state index in [1.165, 1.54) is 12.1 Å². The third-order valence-electron chi connectivity index (χ3n) is 1.91. The first-order valence-electron chi connectivity index (χ1n) is 3.97. The summed E-state index contributed by atoms with van der Waals surface area (Å²) in [6.45, 7) is 1.79. The van der Waals surface area contributed by atoms with Crippen LogP contribution in [0.5, 0.6) is 0 Å². The van der Waals surface area contributed by atoms with Crippen LogP contribution >= 0.6 is 11.6 Å². The Morgan fingerprint density at radius 2 is 2.29 bits per heavy atom. The zero-order valence-electron chi connectivity index (χ0n) is 7.34. The summed E-state index contributed by atoms with van der Waals surface area (Å²) in [5.41, 5.74) is 1.40. The first-order chi connectivity index (χ1) is 6.58. The molecule has 2 N–H and O–H groups in total. The average Bonchev–Trinajstić information content (AvgIpc) is 2.45. The molecule has 0 unspecified atom stereocenters. The minimum absolute atomic E-state index is 0.147. The van der Waals surface area contributed by atoms with Crippen molar-refractivity contribution in [1.29, 1.82) is 0 Å². The van der Waals surface area contributed by atoms with Crippen LogP contribution in [-0.2, 0) is 0 Å². The summed E-state index contributed by atoms with van der Waals surface area (Å²) >= 11 is 5.89. The number of hydrogen-bond donors (Lipinski definition) is 2. The summed E-state index contributed by atoms with van der Waals surface area (Å²) in [5, 5.41) is 9.15. The molecule has 0 atom stereocenters. The number of nitrogens with zero attached hydrogens (tertiary/aromatic N) is 1. The van der Waals surface area contributed by atoms with Gasteiger partial charge in [0, 0.05) is 0 Å². The lowest BCUT2D eigenvalue weighted by Crippen LogP contribution is -1.95. The van der Waals surface area contributed by atoms with Crippen molar-refractivity contribution in [1.82, 2.24) is 9.97 Å². The molecule has 0 bridgehead atoms. The van der Waals surface area contributed by atoms with Crippen LogP contribution in [0, 0.1) is 6.92 Å². The number of rotatable bonds is 1. The summed E-state index contributed by atoms with van der Waals surface area (Å²) < 4.78 is 0. The van der Waals surface area contributed by atoms with Crippen LogP contribution in [0.25, 0.3) is 11.0 Å². The Labute approximate surface area is 84.5 Å². The highest BCUT2D eigenvalue weighted by molar-refractivity contribution is 6.35. The fraction of sp³-hybridized carbons (Fsp3) is 0.111. The first-order valence-corrected chi connectivity index (χ1v) is 4.35. The van der Waals surface area contributed by atoms with Gasteiger partial charge in [-0.3, -0.25) is 0 Å². The Morgan fingerprint density at radius 1 is 1.57 bits per heavy atom. The van der Waals surface area contributed by atoms with E-state index in [-0.39, 0.29) is 5.56 Å². The van der Waals surface area contributed by atoms with Crippen LogP contribution in [0.15, 0.2) is 12.1 Å². The Hall–Kier alpha value is -1.55. The molecule has 14 heavy (non-hydrogen) atoms. The zero-order chi connectivity index (χ0) is 10.3. The third-order valence-corrected chi connectivity index (χ3v) is 2.21. The van der Waals surface area contributed by atoms with E-state index in [0.717, 1.165) is 0 Å². The fourth-order valence-electron chi connectivity index (χ4n) is 1.32.